The zero-order valence-electron chi connectivity index (χ0n) is 13.4. The maximum atomic E-state index is 12.2. The van der Waals surface area contributed by atoms with Gasteiger partial charge in [-0.05, 0) is 26.8 Å². The summed E-state index contributed by atoms with van der Waals surface area (Å²) in [6.07, 6.45) is 2.26. The van der Waals surface area contributed by atoms with Crippen LogP contribution in [0.2, 0.25) is 0 Å². The van der Waals surface area contributed by atoms with Crippen LogP contribution in [0.3, 0.4) is 0 Å². The van der Waals surface area contributed by atoms with E-state index in [1.54, 1.807) is 7.11 Å². The standard InChI is InChI=1S/C17H21N3O2/c1-17(2,3)20-16-13(10-18-20)12(9-15(21)19-16)11-7-5-6-8-14(11)22-4/h5-8,10,12H,9H2,1-4H3,(H,19,21)/t12-/m0/s1. The lowest BCUT2D eigenvalue weighted by atomic mass is 9.86. The van der Waals surface area contributed by atoms with Gasteiger partial charge in [0.1, 0.15) is 11.6 Å². The molecule has 1 N–H and O–H groups in total. The minimum Gasteiger partial charge on any atom is -0.496 e. The van der Waals surface area contributed by atoms with Gasteiger partial charge in [-0.3, -0.25) is 4.79 Å². The Hall–Kier alpha value is -2.30. The number of hydrogen-bond acceptors (Lipinski definition) is 3. The largest absolute Gasteiger partial charge is 0.496 e. The minimum absolute atomic E-state index is 0.00871. The number of carbonyl (C=O) groups excluding carboxylic acids is 1. The van der Waals surface area contributed by atoms with Gasteiger partial charge in [0.25, 0.3) is 0 Å². The topological polar surface area (TPSA) is 56.1 Å². The van der Waals surface area contributed by atoms with Gasteiger partial charge >= 0.3 is 0 Å². The van der Waals surface area contributed by atoms with Gasteiger partial charge in [0.15, 0.2) is 0 Å². The molecular weight excluding hydrogens is 278 g/mol. The number of anilines is 1. The van der Waals surface area contributed by atoms with Crippen molar-refractivity contribution in [3.05, 3.63) is 41.6 Å². The fourth-order valence-electron chi connectivity index (χ4n) is 2.96. The number of carbonyl (C=O) groups is 1. The number of nitrogens with one attached hydrogen (secondary N) is 1. The number of methoxy groups -OCH3 is 1. The summed E-state index contributed by atoms with van der Waals surface area (Å²) in [6, 6.07) is 7.85. The van der Waals surface area contributed by atoms with E-state index in [2.05, 4.69) is 31.2 Å². The Morgan fingerprint density at radius 2 is 2.00 bits per heavy atom. The molecule has 22 heavy (non-hydrogen) atoms. The van der Waals surface area contributed by atoms with E-state index < -0.39 is 0 Å². The van der Waals surface area contributed by atoms with Crippen LogP contribution in [0.15, 0.2) is 30.5 Å². The van der Waals surface area contributed by atoms with Crippen molar-refractivity contribution in [3.63, 3.8) is 0 Å². The Morgan fingerprint density at radius 1 is 1.27 bits per heavy atom. The van der Waals surface area contributed by atoms with Gasteiger partial charge in [-0.1, -0.05) is 18.2 Å². The molecule has 0 spiro atoms. The normalized spacial score (nSPS) is 17.8. The summed E-state index contributed by atoms with van der Waals surface area (Å²) < 4.78 is 7.34. The molecule has 1 aliphatic rings. The summed E-state index contributed by atoms with van der Waals surface area (Å²) in [5.41, 5.74) is 1.87. The van der Waals surface area contributed by atoms with Crippen molar-refractivity contribution in [2.24, 2.45) is 0 Å². The molecule has 2 heterocycles. The second-order valence-corrected chi connectivity index (χ2v) is 6.58. The first-order valence-corrected chi connectivity index (χ1v) is 7.43. The molecule has 0 unspecified atom stereocenters. The van der Waals surface area contributed by atoms with E-state index in [9.17, 15) is 4.79 Å². The van der Waals surface area contributed by atoms with E-state index in [0.717, 1.165) is 22.7 Å². The third-order valence-corrected chi connectivity index (χ3v) is 3.97. The highest BCUT2D eigenvalue weighted by Crippen LogP contribution is 2.41. The minimum atomic E-state index is -0.191. The highest BCUT2D eigenvalue weighted by Gasteiger charge is 2.33. The van der Waals surface area contributed by atoms with Crippen molar-refractivity contribution >= 4 is 11.7 Å². The molecule has 0 aliphatic carbocycles. The van der Waals surface area contributed by atoms with Gasteiger partial charge in [0, 0.05) is 23.5 Å². The van der Waals surface area contributed by atoms with Gasteiger partial charge in [-0.15, -0.1) is 0 Å². The van der Waals surface area contributed by atoms with Crippen LogP contribution in [0.4, 0.5) is 5.82 Å². The van der Waals surface area contributed by atoms with Crippen LogP contribution < -0.4 is 10.1 Å². The van der Waals surface area contributed by atoms with E-state index in [-0.39, 0.29) is 17.4 Å². The molecule has 1 amide bonds. The van der Waals surface area contributed by atoms with Crippen LogP contribution in [-0.4, -0.2) is 22.8 Å². The summed E-state index contributed by atoms with van der Waals surface area (Å²) in [7, 11) is 1.65. The summed E-state index contributed by atoms with van der Waals surface area (Å²) >= 11 is 0. The monoisotopic (exact) mass is 299 g/mol. The molecule has 0 fully saturated rings. The predicted molar refractivity (Wildman–Crippen MR) is 85.3 cm³/mol. The molecule has 2 aromatic rings. The third-order valence-electron chi connectivity index (χ3n) is 3.97. The van der Waals surface area contributed by atoms with E-state index >= 15 is 0 Å². The predicted octanol–water partition coefficient (Wildman–Crippen LogP) is 3.12. The highest BCUT2D eigenvalue weighted by atomic mass is 16.5. The molecule has 116 valence electrons. The van der Waals surface area contributed by atoms with Gasteiger partial charge < -0.3 is 10.1 Å². The first-order valence-electron chi connectivity index (χ1n) is 7.43. The van der Waals surface area contributed by atoms with E-state index in [0.29, 0.717) is 6.42 Å². The first-order chi connectivity index (χ1) is 10.4. The molecule has 0 saturated heterocycles. The lowest BCUT2D eigenvalue weighted by molar-refractivity contribution is -0.116. The summed E-state index contributed by atoms with van der Waals surface area (Å²) in [6.45, 7) is 6.21. The summed E-state index contributed by atoms with van der Waals surface area (Å²) in [4.78, 5) is 12.2. The summed E-state index contributed by atoms with van der Waals surface area (Å²) in [5.74, 6) is 1.57. The van der Waals surface area contributed by atoms with E-state index in [4.69, 9.17) is 4.74 Å². The van der Waals surface area contributed by atoms with Gasteiger partial charge in [-0.25, -0.2) is 4.68 Å². The average Bonchev–Trinajstić information content (AvgIpc) is 2.90. The number of nitrogens with zero attached hydrogens (tertiary/aromatic N) is 2. The Bertz CT molecular complexity index is 713. The zero-order valence-corrected chi connectivity index (χ0v) is 13.4. The Labute approximate surface area is 130 Å². The van der Waals surface area contributed by atoms with Crippen LogP contribution in [0, 0.1) is 0 Å². The molecule has 1 atom stereocenters. The number of ether oxygens (including phenoxy) is 1. The first kappa shape index (κ1) is 14.6. The second-order valence-electron chi connectivity index (χ2n) is 6.58. The van der Waals surface area contributed by atoms with E-state index in [1.165, 1.54) is 0 Å². The van der Waals surface area contributed by atoms with Crippen LogP contribution in [-0.2, 0) is 10.3 Å². The Kier molecular flexibility index (Phi) is 3.43. The fourth-order valence-corrected chi connectivity index (χ4v) is 2.96. The average molecular weight is 299 g/mol. The number of para-hydroxylation sites is 1. The number of fused-ring (bicyclic) bond motifs is 1. The van der Waals surface area contributed by atoms with Crippen molar-refractivity contribution in [2.45, 2.75) is 38.6 Å². The smallest absolute Gasteiger partial charge is 0.226 e. The molecule has 0 radical (unpaired) electrons. The molecule has 1 aromatic carbocycles. The van der Waals surface area contributed by atoms with E-state index in [1.807, 2.05) is 35.1 Å². The SMILES string of the molecule is COc1ccccc1[C@@H]1CC(=O)Nc2c1cnn2C(C)(C)C. The molecular formula is C17H21N3O2. The molecule has 1 aromatic heterocycles. The lowest BCUT2D eigenvalue weighted by Gasteiger charge is -2.28. The number of benzene rings is 1. The lowest BCUT2D eigenvalue weighted by Crippen LogP contribution is -2.30. The fraction of sp³-hybridized carbons (Fsp3) is 0.412. The maximum Gasteiger partial charge on any atom is 0.226 e. The maximum absolute atomic E-state index is 12.2. The number of rotatable bonds is 2. The number of hydrogen-bond donors (Lipinski definition) is 1. The molecule has 1 aliphatic heterocycles. The quantitative estimate of drug-likeness (QED) is 0.927. The highest BCUT2D eigenvalue weighted by molar-refractivity contribution is 5.94. The second kappa shape index (κ2) is 5.16. The van der Waals surface area contributed by atoms with Crippen molar-refractivity contribution in [2.75, 3.05) is 12.4 Å². The third kappa shape index (κ3) is 2.36. The van der Waals surface area contributed by atoms with Crippen molar-refractivity contribution < 1.29 is 9.53 Å². The molecule has 0 bridgehead atoms. The van der Waals surface area contributed by atoms with Gasteiger partial charge in [-0.2, -0.15) is 5.10 Å². The zero-order chi connectivity index (χ0) is 15.9. The molecule has 0 saturated carbocycles. The van der Waals surface area contributed by atoms with Crippen molar-refractivity contribution in [1.82, 2.24) is 9.78 Å². The Morgan fingerprint density at radius 3 is 2.68 bits per heavy atom. The van der Waals surface area contributed by atoms with Crippen LogP contribution in [0.25, 0.3) is 0 Å². The van der Waals surface area contributed by atoms with Crippen molar-refractivity contribution in [1.29, 1.82) is 0 Å². The van der Waals surface area contributed by atoms with Crippen LogP contribution in [0.5, 0.6) is 5.75 Å². The van der Waals surface area contributed by atoms with Gasteiger partial charge in [0.05, 0.1) is 18.8 Å². The summed E-state index contributed by atoms with van der Waals surface area (Å²) in [5, 5.41) is 7.47. The Balaban J connectivity index is 2.13. The van der Waals surface area contributed by atoms with Crippen molar-refractivity contribution in [3.8, 4) is 5.75 Å². The number of aromatic nitrogens is 2. The number of amides is 1. The van der Waals surface area contributed by atoms with Crippen LogP contribution >= 0.6 is 0 Å². The van der Waals surface area contributed by atoms with Gasteiger partial charge in [0.2, 0.25) is 5.91 Å². The molecule has 5 heteroatoms. The molecule has 5 nitrogen and oxygen atoms in total. The van der Waals surface area contributed by atoms with Crippen LogP contribution in [0.1, 0.15) is 44.2 Å². The molecule has 3 rings (SSSR count).